The molecule has 0 unspecified atom stereocenters. The van der Waals surface area contributed by atoms with Gasteiger partial charge in [0.05, 0.1) is 12.2 Å². The van der Waals surface area contributed by atoms with E-state index in [4.69, 9.17) is 5.11 Å². The lowest BCUT2D eigenvalue weighted by molar-refractivity contribution is 0.0760. The molecule has 0 saturated carbocycles. The Labute approximate surface area is 112 Å². The van der Waals surface area contributed by atoms with E-state index in [2.05, 4.69) is 4.90 Å². The van der Waals surface area contributed by atoms with E-state index in [1.165, 1.54) is 0 Å². The molecule has 2 heterocycles. The zero-order chi connectivity index (χ0) is 13.0. The van der Waals surface area contributed by atoms with Gasteiger partial charge in [0.25, 0.3) is 5.91 Å². The monoisotopic (exact) mass is 268 g/mol. The lowest BCUT2D eigenvalue weighted by Gasteiger charge is -2.21. The molecule has 0 aliphatic carbocycles. The van der Waals surface area contributed by atoms with Crippen molar-refractivity contribution < 1.29 is 9.90 Å². The summed E-state index contributed by atoms with van der Waals surface area (Å²) < 4.78 is 0. The molecular formula is C13H20N2O2S. The molecule has 0 bridgehead atoms. The molecule has 1 aliphatic heterocycles. The number of aliphatic hydroxyl groups excluding tert-OH is 1. The number of amides is 1. The van der Waals surface area contributed by atoms with Crippen molar-refractivity contribution in [3.05, 3.63) is 21.9 Å². The second kappa shape index (κ2) is 6.31. The third-order valence-corrected chi connectivity index (χ3v) is 4.24. The van der Waals surface area contributed by atoms with E-state index in [0.717, 1.165) is 43.7 Å². The van der Waals surface area contributed by atoms with E-state index in [1.807, 2.05) is 22.6 Å². The van der Waals surface area contributed by atoms with Crippen LogP contribution in [0.15, 0.2) is 10.8 Å². The minimum absolute atomic E-state index is 0.152. The van der Waals surface area contributed by atoms with Crippen LogP contribution in [0.2, 0.25) is 0 Å². The van der Waals surface area contributed by atoms with Gasteiger partial charge in [-0.1, -0.05) is 0 Å². The summed E-state index contributed by atoms with van der Waals surface area (Å²) >= 11 is 1.58. The van der Waals surface area contributed by atoms with E-state index in [1.54, 1.807) is 11.3 Å². The maximum atomic E-state index is 12.4. The van der Waals surface area contributed by atoms with Gasteiger partial charge in [-0.2, -0.15) is 11.3 Å². The van der Waals surface area contributed by atoms with E-state index in [9.17, 15) is 4.79 Å². The molecule has 1 saturated heterocycles. The van der Waals surface area contributed by atoms with Crippen LogP contribution in [0, 0.1) is 6.92 Å². The zero-order valence-corrected chi connectivity index (χ0v) is 11.6. The topological polar surface area (TPSA) is 43.8 Å². The highest BCUT2D eigenvalue weighted by Crippen LogP contribution is 2.17. The van der Waals surface area contributed by atoms with Crippen LogP contribution in [0.4, 0.5) is 0 Å². The molecule has 0 radical (unpaired) electrons. The van der Waals surface area contributed by atoms with E-state index in [0.29, 0.717) is 6.54 Å². The maximum absolute atomic E-state index is 12.4. The number of β-amino-alcohol motifs (C(OH)–C–C–N with tert-alkyl or cyclic N) is 1. The van der Waals surface area contributed by atoms with Gasteiger partial charge in [-0.3, -0.25) is 9.69 Å². The molecule has 0 aromatic carbocycles. The first-order chi connectivity index (χ1) is 8.72. The van der Waals surface area contributed by atoms with Crippen molar-refractivity contribution in [1.29, 1.82) is 0 Å². The molecular weight excluding hydrogens is 248 g/mol. The van der Waals surface area contributed by atoms with Crippen molar-refractivity contribution in [3.8, 4) is 0 Å². The van der Waals surface area contributed by atoms with Crippen molar-refractivity contribution in [2.24, 2.45) is 0 Å². The molecule has 5 heteroatoms. The third kappa shape index (κ3) is 3.10. The summed E-state index contributed by atoms with van der Waals surface area (Å²) in [5.74, 6) is 0.152. The predicted molar refractivity (Wildman–Crippen MR) is 73.1 cm³/mol. The number of thiophene rings is 1. The van der Waals surface area contributed by atoms with Gasteiger partial charge < -0.3 is 10.0 Å². The van der Waals surface area contributed by atoms with Crippen LogP contribution in [0.5, 0.6) is 0 Å². The van der Waals surface area contributed by atoms with Crippen molar-refractivity contribution in [3.63, 3.8) is 0 Å². The van der Waals surface area contributed by atoms with Crippen molar-refractivity contribution >= 4 is 17.2 Å². The summed E-state index contributed by atoms with van der Waals surface area (Å²) in [6.07, 6.45) is 0.981. The average molecular weight is 268 g/mol. The Morgan fingerprint density at radius 3 is 2.83 bits per heavy atom. The highest BCUT2D eigenvalue weighted by molar-refractivity contribution is 7.08. The quantitative estimate of drug-likeness (QED) is 0.896. The van der Waals surface area contributed by atoms with Crippen molar-refractivity contribution in [1.82, 2.24) is 9.80 Å². The van der Waals surface area contributed by atoms with Gasteiger partial charge in [-0.05, 0) is 30.8 Å². The van der Waals surface area contributed by atoms with Gasteiger partial charge in [0, 0.05) is 31.6 Å². The van der Waals surface area contributed by atoms with Crippen LogP contribution in [0.25, 0.3) is 0 Å². The van der Waals surface area contributed by atoms with Crippen LogP contribution in [-0.2, 0) is 0 Å². The smallest absolute Gasteiger partial charge is 0.255 e. The molecule has 1 amide bonds. The lowest BCUT2D eigenvalue weighted by Crippen LogP contribution is -2.36. The number of nitrogens with zero attached hydrogens (tertiary/aromatic N) is 2. The number of aliphatic hydroxyl groups is 1. The second-order valence-corrected chi connectivity index (χ2v) is 5.42. The van der Waals surface area contributed by atoms with Gasteiger partial charge in [0.15, 0.2) is 0 Å². The normalized spacial score (nSPS) is 17.8. The number of carbonyl (C=O) groups excluding carboxylic acids is 1. The number of aryl methyl sites for hydroxylation is 1. The van der Waals surface area contributed by atoms with Crippen LogP contribution in [0.1, 0.15) is 22.3 Å². The number of rotatable bonds is 3. The largest absolute Gasteiger partial charge is 0.395 e. The van der Waals surface area contributed by atoms with Gasteiger partial charge in [-0.15, -0.1) is 0 Å². The standard InChI is InChI=1S/C13H20N2O2S/c1-11-9-18-10-12(11)13(17)15-4-2-3-14(5-6-15)7-8-16/h9-10,16H,2-8H2,1H3. The minimum Gasteiger partial charge on any atom is -0.395 e. The minimum atomic E-state index is 0.152. The van der Waals surface area contributed by atoms with Crippen molar-refractivity contribution in [2.75, 3.05) is 39.3 Å². The first kappa shape index (κ1) is 13.5. The van der Waals surface area contributed by atoms with Crippen LogP contribution in [-0.4, -0.2) is 60.1 Å². The fourth-order valence-electron chi connectivity index (χ4n) is 2.29. The van der Waals surface area contributed by atoms with E-state index < -0.39 is 0 Å². The SMILES string of the molecule is Cc1cscc1C(=O)N1CCCN(CCO)CC1. The summed E-state index contributed by atoms with van der Waals surface area (Å²) in [6, 6.07) is 0. The Kier molecular flexibility index (Phi) is 4.74. The maximum Gasteiger partial charge on any atom is 0.255 e. The molecule has 1 N–H and O–H groups in total. The Balaban J connectivity index is 1.98. The fourth-order valence-corrected chi connectivity index (χ4v) is 3.11. The Bertz CT molecular complexity index is 405. The summed E-state index contributed by atoms with van der Waals surface area (Å²) in [4.78, 5) is 16.5. The summed E-state index contributed by atoms with van der Waals surface area (Å²) in [5, 5.41) is 12.9. The van der Waals surface area contributed by atoms with Gasteiger partial charge >= 0.3 is 0 Å². The van der Waals surface area contributed by atoms with E-state index >= 15 is 0 Å². The molecule has 4 nitrogen and oxygen atoms in total. The van der Waals surface area contributed by atoms with Gasteiger partial charge in [0.1, 0.15) is 0 Å². The second-order valence-electron chi connectivity index (χ2n) is 4.68. The zero-order valence-electron chi connectivity index (χ0n) is 10.8. The lowest BCUT2D eigenvalue weighted by atomic mass is 10.2. The summed E-state index contributed by atoms with van der Waals surface area (Å²) in [6.45, 7) is 6.28. The number of hydrogen-bond donors (Lipinski definition) is 1. The molecule has 2 rings (SSSR count). The Morgan fingerprint density at radius 1 is 1.33 bits per heavy atom. The van der Waals surface area contributed by atoms with Gasteiger partial charge in [0.2, 0.25) is 0 Å². The molecule has 100 valence electrons. The molecule has 0 atom stereocenters. The molecule has 18 heavy (non-hydrogen) atoms. The predicted octanol–water partition coefficient (Wildman–Crippen LogP) is 1.20. The molecule has 1 aliphatic rings. The highest BCUT2D eigenvalue weighted by atomic mass is 32.1. The number of carbonyl (C=O) groups is 1. The first-order valence-electron chi connectivity index (χ1n) is 6.37. The average Bonchev–Trinajstić information content (AvgIpc) is 2.64. The Morgan fingerprint density at radius 2 is 2.17 bits per heavy atom. The summed E-state index contributed by atoms with van der Waals surface area (Å²) in [7, 11) is 0. The van der Waals surface area contributed by atoms with Gasteiger partial charge in [-0.25, -0.2) is 0 Å². The highest BCUT2D eigenvalue weighted by Gasteiger charge is 2.21. The van der Waals surface area contributed by atoms with Crippen molar-refractivity contribution in [2.45, 2.75) is 13.3 Å². The fraction of sp³-hybridized carbons (Fsp3) is 0.615. The third-order valence-electron chi connectivity index (χ3n) is 3.38. The number of hydrogen-bond acceptors (Lipinski definition) is 4. The first-order valence-corrected chi connectivity index (χ1v) is 7.32. The Hall–Kier alpha value is -0.910. The molecule has 0 spiro atoms. The summed E-state index contributed by atoms with van der Waals surface area (Å²) in [5.41, 5.74) is 1.91. The van der Waals surface area contributed by atoms with E-state index in [-0.39, 0.29) is 12.5 Å². The molecule has 1 aromatic rings. The van der Waals surface area contributed by atoms with Crippen LogP contribution in [0.3, 0.4) is 0 Å². The molecule has 1 fully saturated rings. The molecule has 1 aromatic heterocycles. The van der Waals surface area contributed by atoms with Crippen LogP contribution < -0.4 is 0 Å². The van der Waals surface area contributed by atoms with Crippen LogP contribution >= 0.6 is 11.3 Å².